The third-order valence-corrected chi connectivity index (χ3v) is 1.40. The predicted octanol–water partition coefficient (Wildman–Crippen LogP) is 1.44. The average molecular weight is 368 g/mol. The molecular formula is C15H28O7Ti. The van der Waals surface area contributed by atoms with Crippen molar-refractivity contribution in [2.75, 3.05) is 13.2 Å². The van der Waals surface area contributed by atoms with Crippen LogP contribution >= 0.6 is 0 Å². The zero-order chi connectivity index (χ0) is 18.1. The summed E-state index contributed by atoms with van der Waals surface area (Å²) < 4.78 is 8.99. The fourth-order valence-corrected chi connectivity index (χ4v) is 0.831. The zero-order valence-electron chi connectivity index (χ0n) is 14.8. The first-order valence-corrected chi connectivity index (χ1v) is 7.04. The smallest absolute Gasteiger partial charge is 0.313 e. The Morgan fingerprint density at radius 2 is 1.04 bits per heavy atom. The number of aliphatic hydroxyl groups is 1. The van der Waals surface area contributed by atoms with Crippen LogP contribution in [0.25, 0.3) is 0 Å². The molecule has 134 valence electrons. The van der Waals surface area contributed by atoms with Crippen molar-refractivity contribution in [1.29, 1.82) is 0 Å². The van der Waals surface area contributed by atoms with Gasteiger partial charge in [0.1, 0.15) is 24.4 Å². The fraction of sp³-hybridized carbons (Fsp3) is 0.733. The van der Waals surface area contributed by atoms with Crippen LogP contribution in [0.15, 0.2) is 0 Å². The largest absolute Gasteiger partial charge is 0.466 e. The van der Waals surface area contributed by atoms with Gasteiger partial charge < -0.3 is 14.6 Å². The molecule has 0 atom stereocenters. The minimum absolute atomic E-state index is 0. The molecular weight excluding hydrogens is 340 g/mol. The van der Waals surface area contributed by atoms with E-state index in [0.717, 1.165) is 0 Å². The van der Waals surface area contributed by atoms with Crippen LogP contribution in [-0.2, 0) is 50.4 Å². The summed E-state index contributed by atoms with van der Waals surface area (Å²) in [6, 6.07) is 0. The van der Waals surface area contributed by atoms with Gasteiger partial charge in [-0.15, -0.1) is 0 Å². The van der Waals surface area contributed by atoms with Gasteiger partial charge in [0.15, 0.2) is 0 Å². The Bertz CT molecular complexity index is 308. The van der Waals surface area contributed by atoms with Gasteiger partial charge in [-0.2, -0.15) is 0 Å². The number of hydrogen-bond donors (Lipinski definition) is 1. The number of aliphatic hydroxyl groups excluding tert-OH is 1. The van der Waals surface area contributed by atoms with Crippen LogP contribution < -0.4 is 0 Å². The molecule has 0 aliphatic carbocycles. The summed E-state index contributed by atoms with van der Waals surface area (Å²) >= 11 is 0. The topological polar surface area (TPSA) is 107 Å². The van der Waals surface area contributed by atoms with Crippen molar-refractivity contribution in [3.8, 4) is 0 Å². The molecule has 0 aliphatic heterocycles. The maximum absolute atomic E-state index is 10.4. The van der Waals surface area contributed by atoms with E-state index in [4.69, 9.17) is 5.11 Å². The van der Waals surface area contributed by atoms with Gasteiger partial charge in [0, 0.05) is 27.8 Å². The van der Waals surface area contributed by atoms with E-state index in [9.17, 15) is 19.2 Å². The van der Waals surface area contributed by atoms with Gasteiger partial charge in [0.25, 0.3) is 0 Å². The van der Waals surface area contributed by atoms with Crippen molar-refractivity contribution >= 4 is 23.5 Å². The van der Waals surface area contributed by atoms with Crippen LogP contribution in [0.5, 0.6) is 0 Å². The second-order valence-corrected chi connectivity index (χ2v) is 4.46. The summed E-state index contributed by atoms with van der Waals surface area (Å²) in [5.41, 5.74) is 0. The van der Waals surface area contributed by atoms with E-state index in [-0.39, 0.29) is 52.2 Å². The molecule has 0 aromatic carbocycles. The third kappa shape index (κ3) is 44.9. The molecule has 0 unspecified atom stereocenters. The summed E-state index contributed by atoms with van der Waals surface area (Å²) in [5, 5.41) is 8.06. The molecule has 8 heteroatoms. The van der Waals surface area contributed by atoms with E-state index >= 15 is 0 Å². The Balaban J connectivity index is -0.000000124. The molecule has 0 spiro atoms. The standard InChI is InChI=1S/2C6H10O3.C3H8O.Ti/c2*1-3-9-6(8)4-5(2)7;1-3(2)4;/h2*3-4H2,1-2H3;3-4H,1-2H3;. The number of ether oxygens (including phenoxy) is 2. The molecule has 0 amide bonds. The van der Waals surface area contributed by atoms with Crippen molar-refractivity contribution in [3.63, 3.8) is 0 Å². The Morgan fingerprint density at radius 3 is 1.17 bits per heavy atom. The van der Waals surface area contributed by atoms with Gasteiger partial charge in [-0.25, -0.2) is 0 Å². The molecule has 0 saturated heterocycles. The van der Waals surface area contributed by atoms with Crippen LogP contribution in [0, 0.1) is 0 Å². The van der Waals surface area contributed by atoms with E-state index in [1.54, 1.807) is 27.7 Å². The summed E-state index contributed by atoms with van der Waals surface area (Å²) in [6.07, 6.45) is -0.373. The van der Waals surface area contributed by atoms with Gasteiger partial charge in [-0.05, 0) is 41.5 Å². The van der Waals surface area contributed by atoms with Crippen LogP contribution in [0.1, 0.15) is 54.4 Å². The van der Waals surface area contributed by atoms with Crippen molar-refractivity contribution in [1.82, 2.24) is 0 Å². The first kappa shape index (κ1) is 29.9. The SMILES string of the molecule is CC(C)O.CCOC(=O)CC(C)=O.CCOC(=O)CC(C)=O.[Ti]. The second kappa shape index (κ2) is 21.0. The first-order valence-electron chi connectivity index (χ1n) is 7.04. The molecule has 1 N–H and O–H groups in total. The minimum atomic E-state index is -0.440. The molecule has 0 fully saturated rings. The number of ketones is 2. The number of carbonyl (C=O) groups is 4. The Kier molecular flexibility index (Phi) is 27.2. The van der Waals surface area contributed by atoms with Crippen LogP contribution in [0.3, 0.4) is 0 Å². The molecule has 0 rings (SSSR count). The Labute approximate surface area is 153 Å². The maximum Gasteiger partial charge on any atom is 0.313 e. The van der Waals surface area contributed by atoms with E-state index in [0.29, 0.717) is 13.2 Å². The van der Waals surface area contributed by atoms with Gasteiger partial charge in [-0.3, -0.25) is 19.2 Å². The molecule has 0 saturated carbocycles. The Hall–Kier alpha value is -1.05. The summed E-state index contributed by atoms with van der Waals surface area (Å²) in [7, 11) is 0. The number of hydrogen-bond acceptors (Lipinski definition) is 7. The zero-order valence-corrected chi connectivity index (χ0v) is 16.4. The molecule has 7 nitrogen and oxygen atoms in total. The van der Waals surface area contributed by atoms with E-state index in [2.05, 4.69) is 9.47 Å². The van der Waals surface area contributed by atoms with Crippen molar-refractivity contribution in [2.45, 2.75) is 60.5 Å². The van der Waals surface area contributed by atoms with Crippen molar-refractivity contribution in [3.05, 3.63) is 0 Å². The first-order chi connectivity index (χ1) is 10.1. The number of Topliss-reactive ketones (excluding diaryl/α,β-unsaturated/α-hetero) is 2. The van der Waals surface area contributed by atoms with E-state index in [1.807, 2.05) is 0 Å². The average Bonchev–Trinajstić information content (AvgIpc) is 2.26. The van der Waals surface area contributed by atoms with E-state index in [1.165, 1.54) is 13.8 Å². The number of rotatable bonds is 6. The monoisotopic (exact) mass is 368 g/mol. The minimum Gasteiger partial charge on any atom is -0.466 e. The molecule has 0 aromatic rings. The predicted molar refractivity (Wildman–Crippen MR) is 81.2 cm³/mol. The van der Waals surface area contributed by atoms with Crippen LogP contribution in [0.4, 0.5) is 0 Å². The quantitative estimate of drug-likeness (QED) is 0.429. The molecule has 0 heterocycles. The van der Waals surface area contributed by atoms with Gasteiger partial charge >= 0.3 is 11.9 Å². The third-order valence-electron chi connectivity index (χ3n) is 1.40. The normalized spacial score (nSPS) is 8.35. The van der Waals surface area contributed by atoms with Crippen LogP contribution in [0.2, 0.25) is 0 Å². The summed E-state index contributed by atoms with van der Waals surface area (Å²) in [4.78, 5) is 41.3. The molecule has 0 radical (unpaired) electrons. The van der Waals surface area contributed by atoms with Crippen molar-refractivity contribution in [2.24, 2.45) is 0 Å². The van der Waals surface area contributed by atoms with Gasteiger partial charge in [0.2, 0.25) is 0 Å². The Morgan fingerprint density at radius 1 is 0.826 bits per heavy atom. The summed E-state index contributed by atoms with van der Waals surface area (Å²) in [5.74, 6) is -1.20. The second-order valence-electron chi connectivity index (χ2n) is 4.46. The number of carbonyl (C=O) groups excluding carboxylic acids is 4. The molecule has 0 bridgehead atoms. The van der Waals surface area contributed by atoms with Gasteiger partial charge in [-0.1, -0.05) is 0 Å². The van der Waals surface area contributed by atoms with Crippen molar-refractivity contribution < 1.29 is 55.5 Å². The maximum atomic E-state index is 10.4. The van der Waals surface area contributed by atoms with Gasteiger partial charge in [0.05, 0.1) is 13.2 Å². The fourth-order valence-electron chi connectivity index (χ4n) is 0.831. The summed E-state index contributed by atoms with van der Waals surface area (Å²) in [6.45, 7) is 10.3. The molecule has 23 heavy (non-hydrogen) atoms. The number of esters is 2. The molecule has 0 aromatic heterocycles. The molecule has 0 aliphatic rings. The van der Waals surface area contributed by atoms with E-state index < -0.39 is 11.9 Å². The van der Waals surface area contributed by atoms with Crippen LogP contribution in [-0.4, -0.2) is 47.9 Å².